The third kappa shape index (κ3) is 4.57. The minimum absolute atomic E-state index is 0.311. The van der Waals surface area contributed by atoms with Gasteiger partial charge in [0, 0.05) is 0 Å². The molecule has 0 fully saturated rings. The summed E-state index contributed by atoms with van der Waals surface area (Å²) in [4.78, 5) is 17.0. The van der Waals surface area contributed by atoms with Gasteiger partial charge in [-0.05, 0) is 48.9 Å². The van der Waals surface area contributed by atoms with Crippen molar-refractivity contribution in [3.8, 4) is 17.2 Å². The van der Waals surface area contributed by atoms with Gasteiger partial charge in [-0.15, -0.1) is 0 Å². The van der Waals surface area contributed by atoms with Crippen LogP contribution < -0.4 is 24.8 Å². The van der Waals surface area contributed by atoms with E-state index in [0.29, 0.717) is 22.9 Å². The molecule has 0 unspecified atom stereocenters. The molecule has 1 heterocycles. The fourth-order valence-corrected chi connectivity index (χ4v) is 2.87. The Labute approximate surface area is 169 Å². The Morgan fingerprint density at radius 1 is 0.897 bits per heavy atom. The molecule has 0 aliphatic rings. The standard InChI is InChI=1S/C22H23N3O4/c1-14-8-10-17(27-2)16(12-14)24-15-9-11-20(23-13-15)25-22(26)21-18(28-3)6-5-7-19(21)29-4/h5-13,24H,1-4H3,(H,23,25,26). The largest absolute Gasteiger partial charge is 0.496 e. The first kappa shape index (κ1) is 20.0. The number of nitrogens with one attached hydrogen (secondary N) is 2. The summed E-state index contributed by atoms with van der Waals surface area (Å²) in [5, 5.41) is 6.04. The van der Waals surface area contributed by atoms with Gasteiger partial charge < -0.3 is 24.8 Å². The van der Waals surface area contributed by atoms with Gasteiger partial charge in [-0.25, -0.2) is 4.98 Å². The average Bonchev–Trinajstić information content (AvgIpc) is 2.74. The van der Waals surface area contributed by atoms with E-state index in [4.69, 9.17) is 14.2 Å². The van der Waals surface area contributed by atoms with Gasteiger partial charge in [-0.3, -0.25) is 4.79 Å². The molecule has 150 valence electrons. The van der Waals surface area contributed by atoms with Gasteiger partial charge in [-0.1, -0.05) is 12.1 Å². The summed E-state index contributed by atoms with van der Waals surface area (Å²) >= 11 is 0. The second-order valence-corrected chi connectivity index (χ2v) is 6.25. The molecule has 1 aromatic heterocycles. The number of aryl methyl sites for hydroxylation is 1. The molecule has 0 aliphatic heterocycles. The molecule has 2 aromatic carbocycles. The van der Waals surface area contributed by atoms with Crippen LogP contribution in [0.2, 0.25) is 0 Å². The van der Waals surface area contributed by atoms with Crippen LogP contribution in [0.25, 0.3) is 0 Å². The van der Waals surface area contributed by atoms with Crippen LogP contribution in [0.1, 0.15) is 15.9 Å². The van der Waals surface area contributed by atoms with Gasteiger partial charge in [0.25, 0.3) is 5.91 Å². The third-order valence-corrected chi connectivity index (χ3v) is 4.29. The number of ether oxygens (including phenoxy) is 3. The fourth-order valence-electron chi connectivity index (χ4n) is 2.87. The lowest BCUT2D eigenvalue weighted by Crippen LogP contribution is -2.15. The van der Waals surface area contributed by atoms with Crippen molar-refractivity contribution in [3.63, 3.8) is 0 Å². The van der Waals surface area contributed by atoms with Crippen LogP contribution in [-0.2, 0) is 0 Å². The third-order valence-electron chi connectivity index (χ3n) is 4.29. The van der Waals surface area contributed by atoms with Gasteiger partial charge in [0.1, 0.15) is 28.6 Å². The number of hydrogen-bond acceptors (Lipinski definition) is 6. The second kappa shape index (κ2) is 8.97. The maximum atomic E-state index is 12.7. The van der Waals surface area contributed by atoms with Crippen molar-refractivity contribution >= 4 is 23.1 Å². The molecule has 0 radical (unpaired) electrons. The summed E-state index contributed by atoms with van der Waals surface area (Å²) in [6.45, 7) is 2.01. The van der Waals surface area contributed by atoms with E-state index in [9.17, 15) is 4.79 Å². The molecular weight excluding hydrogens is 370 g/mol. The Hall–Kier alpha value is -3.74. The normalized spacial score (nSPS) is 10.2. The molecule has 3 rings (SSSR count). The fraction of sp³-hybridized carbons (Fsp3) is 0.182. The predicted octanol–water partition coefficient (Wildman–Crippen LogP) is 4.41. The molecule has 0 aliphatic carbocycles. The minimum atomic E-state index is -0.368. The molecule has 0 atom stereocenters. The van der Waals surface area contributed by atoms with Crippen LogP contribution in [-0.4, -0.2) is 32.2 Å². The first-order chi connectivity index (χ1) is 14.0. The number of aromatic nitrogens is 1. The van der Waals surface area contributed by atoms with Crippen LogP contribution in [0, 0.1) is 6.92 Å². The van der Waals surface area contributed by atoms with E-state index in [1.165, 1.54) is 14.2 Å². The van der Waals surface area contributed by atoms with Crippen molar-refractivity contribution in [2.75, 3.05) is 32.0 Å². The highest BCUT2D eigenvalue weighted by Crippen LogP contribution is 2.30. The van der Waals surface area contributed by atoms with Gasteiger partial charge in [0.2, 0.25) is 0 Å². The summed E-state index contributed by atoms with van der Waals surface area (Å²) in [5.74, 6) is 1.62. The molecule has 0 saturated heterocycles. The molecule has 0 bridgehead atoms. The molecule has 3 aromatic rings. The van der Waals surface area contributed by atoms with Gasteiger partial charge in [-0.2, -0.15) is 0 Å². The number of amides is 1. The smallest absolute Gasteiger partial charge is 0.264 e. The number of anilines is 3. The first-order valence-electron chi connectivity index (χ1n) is 8.95. The number of rotatable bonds is 7. The number of nitrogens with zero attached hydrogens (tertiary/aromatic N) is 1. The average molecular weight is 393 g/mol. The first-order valence-corrected chi connectivity index (χ1v) is 8.95. The van der Waals surface area contributed by atoms with E-state index < -0.39 is 0 Å². The number of hydrogen-bond donors (Lipinski definition) is 2. The quantitative estimate of drug-likeness (QED) is 0.619. The minimum Gasteiger partial charge on any atom is -0.496 e. The zero-order chi connectivity index (χ0) is 20.8. The number of carbonyl (C=O) groups excluding carboxylic acids is 1. The van der Waals surface area contributed by atoms with E-state index in [2.05, 4.69) is 15.6 Å². The maximum Gasteiger partial charge on any atom is 0.264 e. The van der Waals surface area contributed by atoms with Crippen molar-refractivity contribution in [3.05, 3.63) is 65.9 Å². The lowest BCUT2D eigenvalue weighted by molar-refractivity contribution is 0.102. The van der Waals surface area contributed by atoms with Crippen molar-refractivity contribution in [2.24, 2.45) is 0 Å². The van der Waals surface area contributed by atoms with Crippen LogP contribution in [0.4, 0.5) is 17.2 Å². The van der Waals surface area contributed by atoms with Crippen molar-refractivity contribution in [1.29, 1.82) is 0 Å². The van der Waals surface area contributed by atoms with Crippen LogP contribution in [0.3, 0.4) is 0 Å². The van der Waals surface area contributed by atoms with E-state index in [0.717, 1.165) is 22.7 Å². The number of benzene rings is 2. The van der Waals surface area contributed by atoms with Crippen molar-refractivity contribution in [1.82, 2.24) is 4.98 Å². The van der Waals surface area contributed by atoms with Crippen LogP contribution >= 0.6 is 0 Å². The monoisotopic (exact) mass is 393 g/mol. The molecular formula is C22H23N3O4. The Kier molecular flexibility index (Phi) is 6.19. The van der Waals surface area contributed by atoms with Gasteiger partial charge in [0.15, 0.2) is 0 Å². The molecule has 7 heteroatoms. The van der Waals surface area contributed by atoms with E-state index in [-0.39, 0.29) is 5.91 Å². The molecule has 0 saturated carbocycles. The summed E-state index contributed by atoms with van der Waals surface area (Å²) in [5.41, 5.74) is 3.02. The van der Waals surface area contributed by atoms with Crippen molar-refractivity contribution in [2.45, 2.75) is 6.92 Å². The number of methoxy groups -OCH3 is 3. The highest BCUT2D eigenvalue weighted by molar-refractivity contribution is 6.07. The Bertz CT molecular complexity index is 981. The Balaban J connectivity index is 1.77. The summed E-state index contributed by atoms with van der Waals surface area (Å²) in [6, 6.07) is 14.6. The van der Waals surface area contributed by atoms with Crippen LogP contribution in [0.15, 0.2) is 54.7 Å². The summed E-state index contributed by atoms with van der Waals surface area (Å²) < 4.78 is 15.9. The molecule has 29 heavy (non-hydrogen) atoms. The molecule has 1 amide bonds. The van der Waals surface area contributed by atoms with Crippen LogP contribution in [0.5, 0.6) is 17.2 Å². The van der Waals surface area contributed by atoms with E-state index >= 15 is 0 Å². The topological polar surface area (TPSA) is 81.7 Å². The van der Waals surface area contributed by atoms with E-state index in [1.54, 1.807) is 37.6 Å². The zero-order valence-electron chi connectivity index (χ0n) is 16.8. The second-order valence-electron chi connectivity index (χ2n) is 6.25. The lowest BCUT2D eigenvalue weighted by atomic mass is 10.1. The van der Waals surface area contributed by atoms with E-state index in [1.807, 2.05) is 31.2 Å². The predicted molar refractivity (Wildman–Crippen MR) is 113 cm³/mol. The highest BCUT2D eigenvalue weighted by Gasteiger charge is 2.18. The summed E-state index contributed by atoms with van der Waals surface area (Å²) in [7, 11) is 4.63. The Morgan fingerprint density at radius 3 is 2.17 bits per heavy atom. The van der Waals surface area contributed by atoms with Crippen molar-refractivity contribution < 1.29 is 19.0 Å². The maximum absolute atomic E-state index is 12.7. The summed E-state index contributed by atoms with van der Waals surface area (Å²) in [6.07, 6.45) is 1.64. The molecule has 7 nitrogen and oxygen atoms in total. The van der Waals surface area contributed by atoms with Gasteiger partial charge >= 0.3 is 0 Å². The highest BCUT2D eigenvalue weighted by atomic mass is 16.5. The number of carbonyl (C=O) groups is 1. The lowest BCUT2D eigenvalue weighted by Gasteiger charge is -2.14. The SMILES string of the molecule is COc1ccc(C)cc1Nc1ccc(NC(=O)c2c(OC)cccc2OC)nc1. The Morgan fingerprint density at radius 2 is 1.59 bits per heavy atom. The molecule has 0 spiro atoms. The zero-order valence-corrected chi connectivity index (χ0v) is 16.8. The molecule has 2 N–H and O–H groups in total. The number of pyridine rings is 1. The van der Waals surface area contributed by atoms with Gasteiger partial charge in [0.05, 0.1) is 38.9 Å².